The van der Waals surface area contributed by atoms with Gasteiger partial charge in [-0.25, -0.2) is 13.6 Å². The number of alkyl halides is 2. The van der Waals surface area contributed by atoms with Gasteiger partial charge in [0.05, 0.1) is 0 Å². The Hall–Kier alpha value is -1.98. The molecule has 1 aromatic rings. The molecule has 0 bridgehead atoms. The van der Waals surface area contributed by atoms with Crippen LogP contribution >= 0.6 is 0 Å². The topological polar surface area (TPSA) is 66.4 Å². The molecule has 1 aromatic carbocycles. The number of aliphatic carboxylic acids is 1. The standard InChI is InChI=1S/C16H19F2NO3/c17-13(18)11-6-5-7-12(10-11)14(20)19-16(15(21)22)8-3-1-2-4-9-16/h5-7,10,13H,1-4,8-9H2,(H,19,20)(H,21,22). The Morgan fingerprint density at radius 1 is 1.14 bits per heavy atom. The Morgan fingerprint density at radius 2 is 1.77 bits per heavy atom. The molecule has 0 spiro atoms. The second-order valence-electron chi connectivity index (χ2n) is 5.68. The van der Waals surface area contributed by atoms with E-state index in [-0.39, 0.29) is 11.1 Å². The minimum atomic E-state index is -2.67. The first-order chi connectivity index (χ1) is 10.4. The maximum Gasteiger partial charge on any atom is 0.329 e. The molecular weight excluding hydrogens is 292 g/mol. The lowest BCUT2D eigenvalue weighted by molar-refractivity contribution is -0.145. The van der Waals surface area contributed by atoms with Gasteiger partial charge in [0, 0.05) is 11.1 Å². The van der Waals surface area contributed by atoms with Crippen molar-refractivity contribution in [2.45, 2.75) is 50.5 Å². The Morgan fingerprint density at radius 3 is 2.32 bits per heavy atom. The van der Waals surface area contributed by atoms with E-state index in [1.165, 1.54) is 18.2 Å². The number of hydrogen-bond donors (Lipinski definition) is 2. The molecule has 1 amide bonds. The monoisotopic (exact) mass is 311 g/mol. The van der Waals surface area contributed by atoms with E-state index in [0.717, 1.165) is 31.7 Å². The molecule has 1 fully saturated rings. The van der Waals surface area contributed by atoms with Crippen LogP contribution in [0, 0.1) is 0 Å². The highest BCUT2D eigenvalue weighted by molar-refractivity contribution is 5.98. The van der Waals surface area contributed by atoms with E-state index < -0.39 is 23.8 Å². The summed E-state index contributed by atoms with van der Waals surface area (Å²) < 4.78 is 25.4. The third kappa shape index (κ3) is 3.61. The van der Waals surface area contributed by atoms with Gasteiger partial charge in [-0.15, -0.1) is 0 Å². The first kappa shape index (κ1) is 16.4. The van der Waals surface area contributed by atoms with Crippen molar-refractivity contribution < 1.29 is 23.5 Å². The first-order valence-electron chi connectivity index (χ1n) is 7.39. The van der Waals surface area contributed by atoms with Crippen molar-refractivity contribution in [3.63, 3.8) is 0 Å². The van der Waals surface area contributed by atoms with Gasteiger partial charge in [0.1, 0.15) is 5.54 Å². The molecular formula is C16H19F2NO3. The number of carbonyl (C=O) groups excluding carboxylic acids is 1. The lowest BCUT2D eigenvalue weighted by Gasteiger charge is -2.29. The van der Waals surface area contributed by atoms with Crippen molar-refractivity contribution in [2.24, 2.45) is 0 Å². The number of amides is 1. The Bertz CT molecular complexity index is 552. The summed E-state index contributed by atoms with van der Waals surface area (Å²) in [5.41, 5.74) is -1.49. The number of carboxylic acid groups (broad SMARTS) is 1. The largest absolute Gasteiger partial charge is 0.480 e. The zero-order valence-electron chi connectivity index (χ0n) is 12.1. The van der Waals surface area contributed by atoms with E-state index in [4.69, 9.17) is 0 Å². The van der Waals surface area contributed by atoms with Crippen LogP contribution in [0.25, 0.3) is 0 Å². The average molecular weight is 311 g/mol. The average Bonchev–Trinajstić information content (AvgIpc) is 2.74. The molecule has 0 atom stereocenters. The minimum absolute atomic E-state index is 0.0580. The lowest BCUT2D eigenvalue weighted by atomic mass is 9.89. The third-order valence-corrected chi connectivity index (χ3v) is 4.12. The fourth-order valence-electron chi connectivity index (χ4n) is 2.83. The maximum atomic E-state index is 12.7. The zero-order chi connectivity index (χ0) is 16.2. The quantitative estimate of drug-likeness (QED) is 0.836. The molecule has 1 aliphatic rings. The number of halogens is 2. The normalized spacial score (nSPS) is 17.8. The van der Waals surface area contributed by atoms with Gasteiger partial charge in [-0.1, -0.05) is 37.8 Å². The van der Waals surface area contributed by atoms with Gasteiger partial charge < -0.3 is 10.4 Å². The van der Waals surface area contributed by atoms with Crippen LogP contribution in [0.5, 0.6) is 0 Å². The molecule has 0 unspecified atom stereocenters. The summed E-state index contributed by atoms with van der Waals surface area (Å²) >= 11 is 0. The van der Waals surface area contributed by atoms with Gasteiger partial charge in [-0.2, -0.15) is 0 Å². The van der Waals surface area contributed by atoms with Crippen molar-refractivity contribution >= 4 is 11.9 Å². The van der Waals surface area contributed by atoms with Gasteiger partial charge in [0.25, 0.3) is 12.3 Å². The molecule has 4 nitrogen and oxygen atoms in total. The van der Waals surface area contributed by atoms with E-state index in [9.17, 15) is 23.5 Å². The fourth-order valence-corrected chi connectivity index (χ4v) is 2.83. The summed E-state index contributed by atoms with van der Waals surface area (Å²) in [5.74, 6) is -1.68. The Labute approximate surface area is 127 Å². The van der Waals surface area contributed by atoms with E-state index in [1.54, 1.807) is 0 Å². The molecule has 0 aliphatic heterocycles. The van der Waals surface area contributed by atoms with Crippen LogP contribution in [0.1, 0.15) is 60.9 Å². The smallest absolute Gasteiger partial charge is 0.329 e. The van der Waals surface area contributed by atoms with Crippen LogP contribution in [0.15, 0.2) is 24.3 Å². The van der Waals surface area contributed by atoms with Crippen LogP contribution in [-0.2, 0) is 4.79 Å². The van der Waals surface area contributed by atoms with Gasteiger partial charge in [0.2, 0.25) is 0 Å². The molecule has 22 heavy (non-hydrogen) atoms. The molecule has 2 rings (SSSR count). The number of carboxylic acids is 1. The predicted octanol–water partition coefficient (Wildman–Crippen LogP) is 3.53. The predicted molar refractivity (Wildman–Crippen MR) is 76.9 cm³/mol. The van der Waals surface area contributed by atoms with E-state index in [2.05, 4.69) is 5.32 Å². The van der Waals surface area contributed by atoms with Gasteiger partial charge in [-0.3, -0.25) is 4.79 Å². The second-order valence-corrected chi connectivity index (χ2v) is 5.68. The summed E-state index contributed by atoms with van der Waals surface area (Å²) in [6.07, 6.45) is 1.38. The summed E-state index contributed by atoms with van der Waals surface area (Å²) in [4.78, 5) is 23.9. The van der Waals surface area contributed by atoms with E-state index >= 15 is 0 Å². The first-order valence-corrected chi connectivity index (χ1v) is 7.39. The highest BCUT2D eigenvalue weighted by Crippen LogP contribution is 2.28. The Balaban J connectivity index is 2.21. The van der Waals surface area contributed by atoms with Crippen molar-refractivity contribution in [3.05, 3.63) is 35.4 Å². The molecule has 1 aliphatic carbocycles. The van der Waals surface area contributed by atoms with Gasteiger partial charge in [-0.05, 0) is 25.0 Å². The van der Waals surface area contributed by atoms with E-state index in [0.29, 0.717) is 12.8 Å². The molecule has 0 saturated heterocycles. The van der Waals surface area contributed by atoms with Crippen LogP contribution in [0.4, 0.5) is 8.78 Å². The number of carbonyl (C=O) groups is 2. The second kappa shape index (κ2) is 6.85. The number of hydrogen-bond acceptors (Lipinski definition) is 2. The van der Waals surface area contributed by atoms with Crippen LogP contribution in [-0.4, -0.2) is 22.5 Å². The summed E-state index contributed by atoms with van der Waals surface area (Å²) in [5, 5.41) is 12.1. The zero-order valence-corrected chi connectivity index (χ0v) is 12.1. The van der Waals surface area contributed by atoms with Crippen molar-refractivity contribution in [1.82, 2.24) is 5.32 Å². The molecule has 1 saturated carbocycles. The van der Waals surface area contributed by atoms with Crippen LogP contribution in [0.2, 0.25) is 0 Å². The number of rotatable bonds is 4. The number of benzene rings is 1. The molecule has 0 radical (unpaired) electrons. The molecule has 0 heterocycles. The van der Waals surface area contributed by atoms with Crippen molar-refractivity contribution in [3.8, 4) is 0 Å². The molecule has 120 valence electrons. The number of nitrogens with one attached hydrogen (secondary N) is 1. The molecule has 6 heteroatoms. The van der Waals surface area contributed by atoms with Gasteiger partial charge in [0.15, 0.2) is 0 Å². The highest BCUT2D eigenvalue weighted by atomic mass is 19.3. The third-order valence-electron chi connectivity index (χ3n) is 4.12. The van der Waals surface area contributed by atoms with Crippen molar-refractivity contribution in [1.29, 1.82) is 0 Å². The fraction of sp³-hybridized carbons (Fsp3) is 0.500. The summed E-state index contributed by atoms with van der Waals surface area (Å²) in [6.45, 7) is 0. The minimum Gasteiger partial charge on any atom is -0.480 e. The Kier molecular flexibility index (Phi) is 5.11. The molecule has 0 aromatic heterocycles. The highest BCUT2D eigenvalue weighted by Gasteiger charge is 2.40. The summed E-state index contributed by atoms with van der Waals surface area (Å²) in [7, 11) is 0. The van der Waals surface area contributed by atoms with Gasteiger partial charge >= 0.3 is 5.97 Å². The van der Waals surface area contributed by atoms with Crippen LogP contribution in [0.3, 0.4) is 0 Å². The van der Waals surface area contributed by atoms with Crippen molar-refractivity contribution in [2.75, 3.05) is 0 Å². The molecule has 2 N–H and O–H groups in total. The lowest BCUT2D eigenvalue weighted by Crippen LogP contribution is -2.54. The maximum absolute atomic E-state index is 12.7. The van der Waals surface area contributed by atoms with E-state index in [1.807, 2.05) is 0 Å². The SMILES string of the molecule is O=C(NC1(C(=O)O)CCCCCC1)c1cccc(C(F)F)c1. The van der Waals surface area contributed by atoms with Crippen LogP contribution < -0.4 is 5.32 Å². The summed E-state index contributed by atoms with van der Waals surface area (Å²) in [6, 6.07) is 5.12.